The summed E-state index contributed by atoms with van der Waals surface area (Å²) in [6, 6.07) is 24.6. The van der Waals surface area contributed by atoms with Crippen molar-refractivity contribution in [3.63, 3.8) is 0 Å². The van der Waals surface area contributed by atoms with Gasteiger partial charge in [0.25, 0.3) is 5.56 Å². The molecule has 3 heterocycles. The van der Waals surface area contributed by atoms with Crippen LogP contribution in [0.15, 0.2) is 88.5 Å². The van der Waals surface area contributed by atoms with E-state index >= 15 is 0 Å². The summed E-state index contributed by atoms with van der Waals surface area (Å²) in [7, 11) is 1.66. The molecule has 0 saturated carbocycles. The number of benzene rings is 3. The summed E-state index contributed by atoms with van der Waals surface area (Å²) >= 11 is 6.01. The van der Waals surface area contributed by atoms with Crippen molar-refractivity contribution in [2.75, 3.05) is 11.4 Å². The predicted molar refractivity (Wildman–Crippen MR) is 149 cm³/mol. The average Bonchev–Trinajstić information content (AvgIpc) is 3.31. The van der Waals surface area contributed by atoms with E-state index in [-0.39, 0.29) is 18.0 Å². The van der Waals surface area contributed by atoms with Gasteiger partial charge in [0, 0.05) is 30.8 Å². The first-order chi connectivity index (χ1) is 18.4. The summed E-state index contributed by atoms with van der Waals surface area (Å²) in [5, 5.41) is 0.600. The third kappa shape index (κ3) is 4.26. The maximum absolute atomic E-state index is 13.7. The number of aromatic nitrogens is 4. The van der Waals surface area contributed by atoms with E-state index in [0.29, 0.717) is 28.7 Å². The summed E-state index contributed by atoms with van der Waals surface area (Å²) in [6.45, 7) is 3.66. The van der Waals surface area contributed by atoms with Gasteiger partial charge in [0.2, 0.25) is 5.95 Å². The normalized spacial score (nSPS) is 15.0. The first-order valence-electron chi connectivity index (χ1n) is 12.4. The van der Waals surface area contributed by atoms with Crippen LogP contribution in [0.25, 0.3) is 11.2 Å². The van der Waals surface area contributed by atoms with Gasteiger partial charge in [0.1, 0.15) is 11.5 Å². The molecule has 0 saturated heterocycles. The summed E-state index contributed by atoms with van der Waals surface area (Å²) in [5.41, 5.74) is 1.80. The molecular formula is C29H26ClN5O3. The number of rotatable bonds is 5. The summed E-state index contributed by atoms with van der Waals surface area (Å²) < 4.78 is 10.6. The molecule has 0 radical (unpaired) electrons. The molecule has 0 bridgehead atoms. The molecule has 1 atom stereocenters. The molecular weight excluding hydrogens is 502 g/mol. The molecule has 0 amide bonds. The van der Waals surface area contributed by atoms with Crippen molar-refractivity contribution in [3.05, 3.63) is 110 Å². The first kappa shape index (κ1) is 24.1. The van der Waals surface area contributed by atoms with E-state index in [2.05, 4.69) is 11.8 Å². The lowest BCUT2D eigenvalue weighted by Crippen LogP contribution is -2.40. The number of para-hydroxylation sites is 1. The van der Waals surface area contributed by atoms with Gasteiger partial charge in [-0.2, -0.15) is 4.98 Å². The molecule has 1 aliphatic rings. The lowest BCUT2D eigenvalue weighted by molar-refractivity contribution is 0.457. The molecule has 9 heteroatoms. The Balaban J connectivity index is 1.41. The summed E-state index contributed by atoms with van der Waals surface area (Å²) in [6.07, 6.45) is 0. The number of ether oxygens (including phenoxy) is 1. The minimum Gasteiger partial charge on any atom is -0.457 e. The van der Waals surface area contributed by atoms with Crippen LogP contribution < -0.4 is 20.9 Å². The molecule has 0 N–H and O–H groups in total. The van der Waals surface area contributed by atoms with Gasteiger partial charge >= 0.3 is 5.69 Å². The second kappa shape index (κ2) is 9.54. The fourth-order valence-electron chi connectivity index (χ4n) is 4.95. The molecule has 38 heavy (non-hydrogen) atoms. The van der Waals surface area contributed by atoms with Crippen LogP contribution in [0.3, 0.4) is 0 Å². The van der Waals surface area contributed by atoms with Crippen LogP contribution in [0.1, 0.15) is 12.5 Å². The Hall–Kier alpha value is -4.30. The number of fused-ring (bicyclic) bond motifs is 3. The highest BCUT2D eigenvalue weighted by atomic mass is 35.5. The molecule has 192 valence electrons. The number of hydrogen-bond donors (Lipinski definition) is 0. The van der Waals surface area contributed by atoms with Gasteiger partial charge in [-0.25, -0.2) is 4.79 Å². The molecule has 0 fully saturated rings. The highest BCUT2D eigenvalue weighted by Gasteiger charge is 2.30. The molecule has 2 aromatic heterocycles. The Morgan fingerprint density at radius 3 is 2.32 bits per heavy atom. The van der Waals surface area contributed by atoms with Crippen LogP contribution in [0, 0.1) is 5.92 Å². The quantitative estimate of drug-likeness (QED) is 0.315. The Labute approximate surface area is 223 Å². The number of anilines is 2. The SMILES string of the molecule is CC1CN(c2ccc(Oc3ccccc3)cc2)c2nc3c(c(=O)n(Cc4ccc(Cl)cc4)c(=O)n3C)n2C1. The molecule has 0 aliphatic carbocycles. The van der Waals surface area contributed by atoms with Crippen LogP contribution in [-0.4, -0.2) is 25.2 Å². The smallest absolute Gasteiger partial charge is 0.332 e. The fraction of sp³-hybridized carbons (Fsp3) is 0.207. The Morgan fingerprint density at radius 1 is 0.921 bits per heavy atom. The van der Waals surface area contributed by atoms with Crippen molar-refractivity contribution < 1.29 is 4.74 Å². The van der Waals surface area contributed by atoms with Crippen molar-refractivity contribution in [3.8, 4) is 11.5 Å². The van der Waals surface area contributed by atoms with Crippen molar-refractivity contribution in [1.29, 1.82) is 0 Å². The van der Waals surface area contributed by atoms with Crippen molar-refractivity contribution in [2.24, 2.45) is 13.0 Å². The van der Waals surface area contributed by atoms with Crippen LogP contribution in [0.5, 0.6) is 11.5 Å². The van der Waals surface area contributed by atoms with Crippen molar-refractivity contribution >= 4 is 34.4 Å². The van der Waals surface area contributed by atoms with E-state index in [0.717, 1.165) is 29.3 Å². The minimum absolute atomic E-state index is 0.154. The number of imidazole rings is 1. The highest BCUT2D eigenvalue weighted by Crippen LogP contribution is 2.34. The van der Waals surface area contributed by atoms with Crippen molar-refractivity contribution in [2.45, 2.75) is 20.0 Å². The van der Waals surface area contributed by atoms with Gasteiger partial charge in [-0.3, -0.25) is 13.9 Å². The average molecular weight is 528 g/mol. The van der Waals surface area contributed by atoms with Crippen LogP contribution >= 0.6 is 11.6 Å². The number of halogens is 1. The molecule has 0 spiro atoms. The third-order valence-electron chi connectivity index (χ3n) is 6.82. The van der Waals surface area contributed by atoms with E-state index in [4.69, 9.17) is 21.3 Å². The van der Waals surface area contributed by atoms with Gasteiger partial charge < -0.3 is 14.2 Å². The van der Waals surface area contributed by atoms with Gasteiger partial charge in [-0.05, 0) is 60.0 Å². The van der Waals surface area contributed by atoms with Crippen molar-refractivity contribution in [1.82, 2.24) is 18.7 Å². The van der Waals surface area contributed by atoms with E-state index in [9.17, 15) is 9.59 Å². The summed E-state index contributed by atoms with van der Waals surface area (Å²) in [5.74, 6) is 2.39. The van der Waals surface area contributed by atoms with E-state index in [1.165, 1.54) is 9.13 Å². The molecule has 5 aromatic rings. The highest BCUT2D eigenvalue weighted by molar-refractivity contribution is 6.30. The molecule has 6 rings (SSSR count). The van der Waals surface area contributed by atoms with Gasteiger partial charge in [0.15, 0.2) is 11.2 Å². The molecule has 1 unspecified atom stereocenters. The lowest BCUT2D eigenvalue weighted by atomic mass is 10.1. The zero-order chi connectivity index (χ0) is 26.4. The second-order valence-electron chi connectivity index (χ2n) is 9.68. The first-order valence-corrected chi connectivity index (χ1v) is 12.8. The lowest BCUT2D eigenvalue weighted by Gasteiger charge is -2.33. The molecule has 3 aromatic carbocycles. The zero-order valence-electron chi connectivity index (χ0n) is 21.0. The topological polar surface area (TPSA) is 74.3 Å². The zero-order valence-corrected chi connectivity index (χ0v) is 21.8. The minimum atomic E-state index is -0.407. The summed E-state index contributed by atoms with van der Waals surface area (Å²) in [4.78, 5) is 33.8. The van der Waals surface area contributed by atoms with E-state index in [1.54, 1.807) is 19.2 Å². The monoisotopic (exact) mass is 527 g/mol. The van der Waals surface area contributed by atoms with Gasteiger partial charge in [-0.15, -0.1) is 0 Å². The fourth-order valence-corrected chi connectivity index (χ4v) is 5.08. The van der Waals surface area contributed by atoms with Gasteiger partial charge in [0.05, 0.1) is 6.54 Å². The largest absolute Gasteiger partial charge is 0.457 e. The number of hydrogen-bond acceptors (Lipinski definition) is 5. The molecule has 1 aliphatic heterocycles. The number of nitrogens with zero attached hydrogens (tertiary/aromatic N) is 5. The maximum atomic E-state index is 13.7. The van der Waals surface area contributed by atoms with E-state index in [1.807, 2.05) is 71.3 Å². The predicted octanol–water partition coefficient (Wildman–Crippen LogP) is 5.18. The van der Waals surface area contributed by atoms with Crippen LogP contribution in [-0.2, 0) is 20.1 Å². The van der Waals surface area contributed by atoms with E-state index < -0.39 is 5.69 Å². The Kier molecular flexibility index (Phi) is 6.04. The molecule has 8 nitrogen and oxygen atoms in total. The standard InChI is InChI=1S/C29H26ClN5O3/c1-19-16-33(22-12-14-24(15-13-22)38-23-6-4-3-5-7-23)28-31-26-25(34(28)17-19)27(36)35(29(37)32(26)2)18-20-8-10-21(30)11-9-20/h3-15,19H,16-18H2,1-2H3. The van der Waals surface area contributed by atoms with Crippen LogP contribution in [0.4, 0.5) is 11.6 Å². The third-order valence-corrected chi connectivity index (χ3v) is 7.08. The number of aryl methyl sites for hydroxylation is 1. The maximum Gasteiger partial charge on any atom is 0.332 e. The Bertz CT molecular complexity index is 1740. The van der Waals surface area contributed by atoms with Crippen LogP contribution in [0.2, 0.25) is 5.02 Å². The second-order valence-corrected chi connectivity index (χ2v) is 10.1. The Morgan fingerprint density at radius 2 is 1.61 bits per heavy atom. The van der Waals surface area contributed by atoms with Gasteiger partial charge in [-0.1, -0.05) is 48.9 Å².